The molecule has 1 aliphatic carbocycles. The van der Waals surface area contributed by atoms with E-state index in [1.54, 1.807) is 0 Å². The summed E-state index contributed by atoms with van der Waals surface area (Å²) in [6.45, 7) is 4.19. The minimum Gasteiger partial charge on any atom is -0.441 e. The van der Waals surface area contributed by atoms with Crippen molar-refractivity contribution in [1.29, 1.82) is 0 Å². The van der Waals surface area contributed by atoms with Crippen LogP contribution in [0.5, 0.6) is 0 Å². The number of aromatic nitrogens is 1. The number of benzene rings is 1. The predicted molar refractivity (Wildman–Crippen MR) is 78.4 cm³/mol. The lowest BCUT2D eigenvalue weighted by Crippen LogP contribution is -2.27. The van der Waals surface area contributed by atoms with E-state index in [1.807, 2.05) is 13.0 Å². The van der Waals surface area contributed by atoms with Gasteiger partial charge in [-0.1, -0.05) is 19.3 Å². The first kappa shape index (κ1) is 12.5. The Kier molecular flexibility index (Phi) is 3.45. The van der Waals surface area contributed by atoms with Crippen molar-refractivity contribution in [2.45, 2.75) is 52.0 Å². The van der Waals surface area contributed by atoms with Crippen molar-refractivity contribution in [1.82, 2.24) is 4.98 Å². The molecule has 1 saturated carbocycles. The van der Waals surface area contributed by atoms with Crippen LogP contribution in [0.2, 0.25) is 0 Å². The molecule has 1 heterocycles. The van der Waals surface area contributed by atoms with Crippen molar-refractivity contribution in [3.63, 3.8) is 0 Å². The van der Waals surface area contributed by atoms with Gasteiger partial charge in [0.15, 0.2) is 11.5 Å². The number of oxazole rings is 1. The van der Waals surface area contributed by atoms with E-state index in [2.05, 4.69) is 29.4 Å². The zero-order chi connectivity index (χ0) is 13.2. The van der Waals surface area contributed by atoms with Crippen LogP contribution in [0.4, 0.5) is 5.69 Å². The number of aryl methyl sites for hydroxylation is 1. The monoisotopic (exact) mass is 258 g/mol. The molecule has 3 heteroatoms. The van der Waals surface area contributed by atoms with Gasteiger partial charge in [0.25, 0.3) is 0 Å². The highest BCUT2D eigenvalue weighted by Gasteiger charge is 2.19. The van der Waals surface area contributed by atoms with Gasteiger partial charge in [-0.2, -0.15) is 0 Å². The fourth-order valence-corrected chi connectivity index (χ4v) is 3.15. The van der Waals surface area contributed by atoms with Crippen molar-refractivity contribution in [2.75, 3.05) is 5.32 Å². The second kappa shape index (κ2) is 5.24. The third-order valence-electron chi connectivity index (χ3n) is 4.25. The van der Waals surface area contributed by atoms with Crippen LogP contribution in [-0.4, -0.2) is 11.0 Å². The highest BCUT2D eigenvalue weighted by molar-refractivity contribution is 5.77. The topological polar surface area (TPSA) is 38.1 Å². The fraction of sp³-hybridized carbons (Fsp3) is 0.562. The van der Waals surface area contributed by atoms with Gasteiger partial charge in [-0.25, -0.2) is 4.98 Å². The summed E-state index contributed by atoms with van der Waals surface area (Å²) in [7, 11) is 0. The molecule has 1 unspecified atom stereocenters. The number of hydrogen-bond donors (Lipinski definition) is 1. The Balaban J connectivity index is 1.72. The number of nitrogens with zero attached hydrogens (tertiary/aromatic N) is 1. The van der Waals surface area contributed by atoms with Gasteiger partial charge in [0.2, 0.25) is 0 Å². The van der Waals surface area contributed by atoms with E-state index in [4.69, 9.17) is 4.42 Å². The average Bonchev–Trinajstić information content (AvgIpc) is 2.79. The molecule has 0 aliphatic heterocycles. The zero-order valence-electron chi connectivity index (χ0n) is 11.8. The van der Waals surface area contributed by atoms with Gasteiger partial charge in [0.1, 0.15) is 5.52 Å². The Bertz CT molecular complexity index is 555. The second-order valence-electron chi connectivity index (χ2n) is 5.75. The molecule has 0 bridgehead atoms. The Morgan fingerprint density at radius 3 is 2.84 bits per heavy atom. The lowest BCUT2D eigenvalue weighted by molar-refractivity contribution is 0.328. The van der Waals surface area contributed by atoms with E-state index < -0.39 is 0 Å². The Morgan fingerprint density at radius 2 is 2.05 bits per heavy atom. The first-order valence-electron chi connectivity index (χ1n) is 7.36. The average molecular weight is 258 g/mol. The van der Waals surface area contributed by atoms with Gasteiger partial charge in [-0.05, 0) is 43.9 Å². The van der Waals surface area contributed by atoms with Crippen molar-refractivity contribution < 1.29 is 4.42 Å². The predicted octanol–water partition coefficient (Wildman–Crippen LogP) is 4.52. The lowest BCUT2D eigenvalue weighted by Gasteiger charge is -2.29. The number of rotatable bonds is 3. The SMILES string of the molecule is Cc1nc2cc(NC(C)C3CCCCC3)ccc2o1. The molecule has 3 rings (SSSR count). The molecule has 19 heavy (non-hydrogen) atoms. The maximum atomic E-state index is 5.51. The molecule has 0 amide bonds. The van der Waals surface area contributed by atoms with Gasteiger partial charge in [0.05, 0.1) is 0 Å². The van der Waals surface area contributed by atoms with E-state index in [0.717, 1.165) is 28.6 Å². The van der Waals surface area contributed by atoms with Crippen LogP contribution in [0.3, 0.4) is 0 Å². The quantitative estimate of drug-likeness (QED) is 0.879. The molecule has 1 aromatic carbocycles. The van der Waals surface area contributed by atoms with Crippen LogP contribution >= 0.6 is 0 Å². The van der Waals surface area contributed by atoms with E-state index in [-0.39, 0.29) is 0 Å². The van der Waals surface area contributed by atoms with Gasteiger partial charge in [0, 0.05) is 18.7 Å². The molecule has 0 spiro atoms. The molecule has 2 aromatic rings. The number of hydrogen-bond acceptors (Lipinski definition) is 3. The lowest BCUT2D eigenvalue weighted by atomic mass is 9.84. The summed E-state index contributed by atoms with van der Waals surface area (Å²) < 4.78 is 5.51. The molecular formula is C16H22N2O. The van der Waals surface area contributed by atoms with Crippen molar-refractivity contribution in [3.05, 3.63) is 24.1 Å². The molecule has 1 fully saturated rings. The van der Waals surface area contributed by atoms with Crippen LogP contribution in [-0.2, 0) is 0 Å². The Morgan fingerprint density at radius 1 is 1.26 bits per heavy atom. The highest BCUT2D eigenvalue weighted by Crippen LogP contribution is 2.28. The Labute approximate surface area is 114 Å². The first-order chi connectivity index (χ1) is 9.22. The first-order valence-corrected chi connectivity index (χ1v) is 7.36. The van der Waals surface area contributed by atoms with Crippen LogP contribution in [0, 0.1) is 12.8 Å². The summed E-state index contributed by atoms with van der Waals surface area (Å²) in [6.07, 6.45) is 6.91. The summed E-state index contributed by atoms with van der Waals surface area (Å²) in [6, 6.07) is 6.72. The highest BCUT2D eigenvalue weighted by atomic mass is 16.3. The molecule has 1 atom stereocenters. The second-order valence-corrected chi connectivity index (χ2v) is 5.75. The van der Waals surface area contributed by atoms with Crippen LogP contribution in [0.15, 0.2) is 22.6 Å². The van der Waals surface area contributed by atoms with Crippen LogP contribution in [0.1, 0.15) is 44.9 Å². The normalized spacial score (nSPS) is 18.6. The van der Waals surface area contributed by atoms with Gasteiger partial charge < -0.3 is 9.73 Å². The molecular weight excluding hydrogens is 236 g/mol. The maximum Gasteiger partial charge on any atom is 0.192 e. The fourth-order valence-electron chi connectivity index (χ4n) is 3.15. The van der Waals surface area contributed by atoms with Gasteiger partial charge in [-0.3, -0.25) is 0 Å². The van der Waals surface area contributed by atoms with Crippen molar-refractivity contribution in [3.8, 4) is 0 Å². The minimum atomic E-state index is 0.533. The van der Waals surface area contributed by atoms with E-state index in [9.17, 15) is 0 Å². The standard InChI is InChI=1S/C16H22N2O/c1-11(13-6-4-3-5-7-13)17-14-8-9-16-15(10-14)18-12(2)19-16/h8-11,13,17H,3-7H2,1-2H3. The molecule has 3 nitrogen and oxygen atoms in total. The largest absolute Gasteiger partial charge is 0.441 e. The summed E-state index contributed by atoms with van der Waals surface area (Å²) >= 11 is 0. The van der Waals surface area contributed by atoms with E-state index in [1.165, 1.54) is 32.1 Å². The summed E-state index contributed by atoms with van der Waals surface area (Å²) in [4.78, 5) is 4.39. The van der Waals surface area contributed by atoms with Crippen LogP contribution < -0.4 is 5.32 Å². The minimum absolute atomic E-state index is 0.533. The number of fused-ring (bicyclic) bond motifs is 1. The van der Waals surface area contributed by atoms with Gasteiger partial charge >= 0.3 is 0 Å². The smallest absolute Gasteiger partial charge is 0.192 e. The summed E-state index contributed by atoms with van der Waals surface area (Å²) in [5.41, 5.74) is 2.96. The van der Waals surface area contributed by atoms with E-state index in [0.29, 0.717) is 6.04 Å². The third kappa shape index (κ3) is 2.75. The van der Waals surface area contributed by atoms with Gasteiger partial charge in [-0.15, -0.1) is 0 Å². The van der Waals surface area contributed by atoms with Crippen molar-refractivity contribution in [2.24, 2.45) is 5.92 Å². The molecule has 0 saturated heterocycles. The molecule has 1 aromatic heterocycles. The van der Waals surface area contributed by atoms with Crippen LogP contribution in [0.25, 0.3) is 11.1 Å². The molecule has 1 aliphatic rings. The maximum absolute atomic E-state index is 5.51. The van der Waals surface area contributed by atoms with Crippen molar-refractivity contribution >= 4 is 16.8 Å². The molecule has 102 valence electrons. The number of anilines is 1. The molecule has 0 radical (unpaired) electrons. The Hall–Kier alpha value is -1.51. The van der Waals surface area contributed by atoms with E-state index >= 15 is 0 Å². The summed E-state index contributed by atoms with van der Waals surface area (Å²) in [5, 5.41) is 3.63. The third-order valence-corrected chi connectivity index (χ3v) is 4.25. The summed E-state index contributed by atoms with van der Waals surface area (Å²) in [5.74, 6) is 1.54. The number of nitrogens with one attached hydrogen (secondary N) is 1. The molecule has 1 N–H and O–H groups in total. The zero-order valence-corrected chi connectivity index (χ0v) is 11.8.